The smallest absolute Gasteiger partial charge is 0.257 e. The van der Waals surface area contributed by atoms with Gasteiger partial charge in [0, 0.05) is 38.2 Å². The van der Waals surface area contributed by atoms with Crippen LogP contribution in [0.5, 0.6) is 0 Å². The van der Waals surface area contributed by atoms with E-state index in [1.807, 2.05) is 0 Å². The summed E-state index contributed by atoms with van der Waals surface area (Å²) < 4.78 is 33.3. The monoisotopic (exact) mass is 359 g/mol. The lowest BCUT2D eigenvalue weighted by Crippen LogP contribution is -2.23. The molecule has 1 amide bonds. The second kappa shape index (κ2) is 7.53. The summed E-state index contributed by atoms with van der Waals surface area (Å²) >= 11 is 0. The van der Waals surface area contributed by atoms with Gasteiger partial charge in [-0.25, -0.2) is 8.78 Å². The lowest BCUT2D eigenvalue weighted by Gasteiger charge is -2.19. The largest absolute Gasteiger partial charge is 0.383 e. The zero-order valence-corrected chi connectivity index (χ0v) is 14.5. The van der Waals surface area contributed by atoms with E-state index in [1.54, 1.807) is 37.3 Å². The molecule has 0 spiro atoms. The highest BCUT2D eigenvalue weighted by Crippen LogP contribution is 2.33. The molecule has 0 saturated heterocycles. The number of hydrogen-bond donors (Lipinski definition) is 2. The Hall–Kier alpha value is -2.93. The summed E-state index contributed by atoms with van der Waals surface area (Å²) in [6, 6.07) is 9.09. The summed E-state index contributed by atoms with van der Waals surface area (Å²) in [5.74, 6) is -1.31. The van der Waals surface area contributed by atoms with Gasteiger partial charge in [0.25, 0.3) is 5.91 Å². The summed E-state index contributed by atoms with van der Waals surface area (Å²) in [5.41, 5.74) is 1.69. The van der Waals surface area contributed by atoms with E-state index in [2.05, 4.69) is 10.6 Å². The van der Waals surface area contributed by atoms with E-state index in [1.165, 1.54) is 24.4 Å². The molecule has 0 atom stereocenters. The molecule has 1 heterocycles. The quantitative estimate of drug-likeness (QED) is 0.776. The molecule has 5 nitrogen and oxygen atoms in total. The van der Waals surface area contributed by atoms with Crippen LogP contribution < -0.4 is 15.5 Å². The van der Waals surface area contributed by atoms with E-state index < -0.39 is 17.5 Å². The van der Waals surface area contributed by atoms with Gasteiger partial charge < -0.3 is 20.3 Å². The average Bonchev–Trinajstić information content (AvgIpc) is 2.94. The van der Waals surface area contributed by atoms with Gasteiger partial charge in [0.15, 0.2) is 0 Å². The number of nitrogens with zero attached hydrogens (tertiary/aromatic N) is 1. The van der Waals surface area contributed by atoms with Crippen LogP contribution in [0.3, 0.4) is 0 Å². The fourth-order valence-electron chi connectivity index (χ4n) is 2.75. The van der Waals surface area contributed by atoms with Crippen molar-refractivity contribution in [2.24, 2.45) is 0 Å². The normalized spacial score (nSPS) is 14.3. The number of methoxy groups -OCH3 is 1. The molecule has 7 heteroatoms. The van der Waals surface area contributed by atoms with Gasteiger partial charge in [-0.15, -0.1) is 0 Å². The fraction of sp³-hybridized carbons (Fsp3) is 0.211. The van der Waals surface area contributed by atoms with Gasteiger partial charge in [-0.05, 0) is 30.3 Å². The first kappa shape index (κ1) is 17.9. The zero-order valence-electron chi connectivity index (χ0n) is 14.5. The minimum absolute atomic E-state index is 0.166. The Balaban J connectivity index is 1.80. The molecule has 1 aliphatic rings. The van der Waals surface area contributed by atoms with Gasteiger partial charge in [-0.1, -0.05) is 6.07 Å². The molecule has 0 aliphatic carbocycles. The molecule has 0 saturated carbocycles. The lowest BCUT2D eigenvalue weighted by atomic mass is 10.1. The number of benzene rings is 2. The van der Waals surface area contributed by atoms with Crippen LogP contribution in [0, 0.1) is 11.6 Å². The first-order chi connectivity index (χ1) is 12.5. The first-order valence-electron chi connectivity index (χ1n) is 8.08. The molecule has 2 N–H and O–H groups in total. The summed E-state index contributed by atoms with van der Waals surface area (Å²) in [6.07, 6.45) is 1.38. The van der Waals surface area contributed by atoms with E-state index in [4.69, 9.17) is 4.74 Å². The third-order valence-electron chi connectivity index (χ3n) is 4.15. The topological polar surface area (TPSA) is 53.6 Å². The third kappa shape index (κ3) is 3.52. The second-order valence-corrected chi connectivity index (χ2v) is 5.90. The standard InChI is InChI=1S/C19H19F2N3O2/c1-24(8-9-26-2)17-7-6-12(10-15(17)21)22-11-13-18-14(20)4-3-5-16(18)23-19(13)25/h3-7,10-11,22H,8-9H2,1-2H3,(H,23,25)/b13-11+. The van der Waals surface area contributed by atoms with Crippen molar-refractivity contribution in [1.29, 1.82) is 0 Å². The van der Waals surface area contributed by atoms with E-state index in [9.17, 15) is 13.6 Å². The van der Waals surface area contributed by atoms with Crippen molar-refractivity contribution in [2.75, 3.05) is 42.8 Å². The van der Waals surface area contributed by atoms with Crippen LogP contribution in [0.2, 0.25) is 0 Å². The van der Waals surface area contributed by atoms with Crippen molar-refractivity contribution < 1.29 is 18.3 Å². The Morgan fingerprint density at radius 2 is 2.04 bits per heavy atom. The number of rotatable bonds is 6. The van der Waals surface area contributed by atoms with Gasteiger partial charge in [-0.2, -0.15) is 0 Å². The molecular formula is C19H19F2N3O2. The first-order valence-corrected chi connectivity index (χ1v) is 8.08. The summed E-state index contributed by atoms with van der Waals surface area (Å²) in [5, 5.41) is 5.46. The maximum atomic E-state index is 14.3. The molecule has 2 aromatic carbocycles. The Labute approximate surface area is 150 Å². The maximum absolute atomic E-state index is 14.3. The molecule has 0 unspecified atom stereocenters. The Bertz CT molecular complexity index is 868. The van der Waals surface area contributed by atoms with Crippen LogP contribution >= 0.6 is 0 Å². The van der Waals surface area contributed by atoms with Crippen LogP contribution in [0.1, 0.15) is 5.56 Å². The number of nitrogens with one attached hydrogen (secondary N) is 2. The lowest BCUT2D eigenvalue weighted by molar-refractivity contribution is -0.110. The second-order valence-electron chi connectivity index (χ2n) is 5.90. The molecular weight excluding hydrogens is 340 g/mol. The van der Waals surface area contributed by atoms with Gasteiger partial charge in [0.1, 0.15) is 11.6 Å². The number of carbonyl (C=O) groups excluding carboxylic acids is 1. The van der Waals surface area contributed by atoms with E-state index in [0.29, 0.717) is 30.2 Å². The number of hydrogen-bond acceptors (Lipinski definition) is 4. The minimum Gasteiger partial charge on any atom is -0.383 e. The molecule has 1 aliphatic heterocycles. The van der Waals surface area contributed by atoms with Crippen LogP contribution in [0.15, 0.2) is 42.6 Å². The minimum atomic E-state index is -0.491. The number of anilines is 3. The molecule has 3 rings (SSSR count). The molecule has 0 aromatic heterocycles. The van der Waals surface area contributed by atoms with Crippen LogP contribution in [0.4, 0.5) is 25.8 Å². The third-order valence-corrected chi connectivity index (χ3v) is 4.15. The zero-order chi connectivity index (χ0) is 18.7. The van der Waals surface area contributed by atoms with Gasteiger partial charge in [-0.3, -0.25) is 4.79 Å². The van der Waals surface area contributed by atoms with Crippen molar-refractivity contribution in [3.63, 3.8) is 0 Å². The van der Waals surface area contributed by atoms with E-state index >= 15 is 0 Å². The summed E-state index contributed by atoms with van der Waals surface area (Å²) in [4.78, 5) is 13.8. The number of fused-ring (bicyclic) bond motifs is 1. The molecule has 26 heavy (non-hydrogen) atoms. The van der Waals surface area contributed by atoms with Crippen molar-refractivity contribution >= 4 is 28.5 Å². The Morgan fingerprint density at radius 3 is 2.77 bits per heavy atom. The number of halogens is 2. The molecule has 0 radical (unpaired) electrons. The Morgan fingerprint density at radius 1 is 1.23 bits per heavy atom. The highest BCUT2D eigenvalue weighted by atomic mass is 19.1. The highest BCUT2D eigenvalue weighted by molar-refractivity contribution is 6.31. The highest BCUT2D eigenvalue weighted by Gasteiger charge is 2.27. The molecule has 2 aromatic rings. The predicted molar refractivity (Wildman–Crippen MR) is 98.2 cm³/mol. The van der Waals surface area contributed by atoms with E-state index in [-0.39, 0.29) is 11.1 Å². The average molecular weight is 359 g/mol. The summed E-state index contributed by atoms with van der Waals surface area (Å²) in [6.45, 7) is 1.04. The van der Waals surface area contributed by atoms with Crippen molar-refractivity contribution in [2.45, 2.75) is 0 Å². The molecule has 0 bridgehead atoms. The van der Waals surface area contributed by atoms with Gasteiger partial charge in [0.05, 0.1) is 23.6 Å². The fourth-order valence-corrected chi connectivity index (χ4v) is 2.75. The molecule has 0 fully saturated rings. The number of carbonyl (C=O) groups is 1. The SMILES string of the molecule is COCCN(C)c1ccc(N/C=C2/C(=O)Nc3cccc(F)c32)cc1F. The van der Waals surface area contributed by atoms with Crippen molar-refractivity contribution in [3.05, 3.63) is 59.8 Å². The van der Waals surface area contributed by atoms with Gasteiger partial charge in [0.2, 0.25) is 0 Å². The Kier molecular flexibility index (Phi) is 5.18. The van der Waals surface area contributed by atoms with Gasteiger partial charge >= 0.3 is 0 Å². The maximum Gasteiger partial charge on any atom is 0.257 e. The van der Waals surface area contributed by atoms with Crippen molar-refractivity contribution in [1.82, 2.24) is 0 Å². The van der Waals surface area contributed by atoms with E-state index in [0.717, 1.165) is 0 Å². The van der Waals surface area contributed by atoms with Crippen molar-refractivity contribution in [3.8, 4) is 0 Å². The predicted octanol–water partition coefficient (Wildman–Crippen LogP) is 3.45. The van der Waals surface area contributed by atoms with Crippen LogP contribution in [0.25, 0.3) is 5.57 Å². The number of likely N-dealkylation sites (N-methyl/N-ethyl adjacent to an activating group) is 1. The number of amides is 1. The molecule has 136 valence electrons. The van der Waals surface area contributed by atoms with Crippen LogP contribution in [-0.4, -0.2) is 33.2 Å². The van der Waals surface area contributed by atoms with Crippen LogP contribution in [-0.2, 0) is 9.53 Å². The summed E-state index contributed by atoms with van der Waals surface area (Å²) in [7, 11) is 3.36. The number of ether oxygens (including phenoxy) is 1.